The van der Waals surface area contributed by atoms with Crippen LogP contribution in [0.1, 0.15) is 120 Å². The van der Waals surface area contributed by atoms with E-state index in [0.717, 1.165) is 32.1 Å². The third-order valence-corrected chi connectivity index (χ3v) is 10.8. The van der Waals surface area contributed by atoms with Crippen molar-refractivity contribution in [2.75, 3.05) is 0 Å². The first-order chi connectivity index (χ1) is 15.8. The Morgan fingerprint density at radius 2 is 1.68 bits per heavy atom. The smallest absolute Gasteiger partial charge is 0.136 e. The number of hydrogen-bond donors (Lipinski definition) is 2. The fraction of sp³-hybridized carbons (Fsp3) is 0.933. The van der Waals surface area contributed by atoms with E-state index in [0.29, 0.717) is 60.9 Å². The van der Waals surface area contributed by atoms with Crippen molar-refractivity contribution in [3.63, 3.8) is 0 Å². The predicted molar refractivity (Wildman–Crippen MR) is 139 cm³/mol. The Morgan fingerprint density at radius 3 is 2.24 bits per heavy atom. The topological polar surface area (TPSA) is 74.6 Å². The molecule has 34 heavy (non-hydrogen) atoms. The van der Waals surface area contributed by atoms with E-state index < -0.39 is 11.7 Å². The van der Waals surface area contributed by atoms with E-state index >= 15 is 0 Å². The minimum Gasteiger partial charge on any atom is -0.390 e. The van der Waals surface area contributed by atoms with Gasteiger partial charge >= 0.3 is 0 Å². The summed E-state index contributed by atoms with van der Waals surface area (Å²) < 4.78 is 0. The minimum atomic E-state index is -1.07. The quantitative estimate of drug-likeness (QED) is 0.432. The lowest BCUT2D eigenvalue weighted by molar-refractivity contribution is -0.164. The molecule has 0 bridgehead atoms. The second-order valence-corrected chi connectivity index (χ2v) is 12.8. The highest BCUT2D eigenvalue weighted by Gasteiger charge is 2.60. The maximum absolute atomic E-state index is 13.5. The van der Waals surface area contributed by atoms with Gasteiger partial charge in [-0.25, -0.2) is 0 Å². The molecule has 0 aliphatic heterocycles. The van der Waals surface area contributed by atoms with Crippen LogP contribution in [0.3, 0.4) is 0 Å². The lowest BCUT2D eigenvalue weighted by Crippen LogP contribution is -2.58. The summed E-state index contributed by atoms with van der Waals surface area (Å²) in [4.78, 5) is 25.7. The minimum absolute atomic E-state index is 0.0956. The third-order valence-electron chi connectivity index (χ3n) is 10.8. The summed E-state index contributed by atoms with van der Waals surface area (Å²) >= 11 is 0. The van der Waals surface area contributed by atoms with E-state index in [4.69, 9.17) is 0 Å². The van der Waals surface area contributed by atoms with Crippen molar-refractivity contribution in [3.05, 3.63) is 0 Å². The van der Waals surface area contributed by atoms with Gasteiger partial charge in [0.15, 0.2) is 0 Å². The molecular weight excluding hydrogens is 424 g/mol. The first-order valence-corrected chi connectivity index (χ1v) is 14.2. The highest BCUT2D eigenvalue weighted by atomic mass is 16.3. The molecule has 9 atom stereocenters. The normalized spacial score (nSPS) is 38.7. The molecule has 3 fully saturated rings. The van der Waals surface area contributed by atoms with Gasteiger partial charge in [0.2, 0.25) is 0 Å². The number of fused-ring (bicyclic) bond motifs is 3. The molecule has 0 saturated heterocycles. The van der Waals surface area contributed by atoms with E-state index in [1.807, 2.05) is 13.8 Å². The van der Waals surface area contributed by atoms with Crippen LogP contribution < -0.4 is 0 Å². The fourth-order valence-corrected chi connectivity index (χ4v) is 8.07. The van der Waals surface area contributed by atoms with Crippen LogP contribution in [0.2, 0.25) is 0 Å². The van der Waals surface area contributed by atoms with Gasteiger partial charge in [0.05, 0.1) is 11.7 Å². The molecule has 0 amide bonds. The van der Waals surface area contributed by atoms with Crippen LogP contribution in [0.5, 0.6) is 0 Å². The standard InChI is InChI=1S/C28H48O4.C2H6/c1-8-21-25-22(28(7)13-11-20(29)15-19(28)16-23(25)30)12-14-27(21,6)18(3)17(2)9-10-24(31)26(4,5)32;1-2/h17-19,21-22,24-25,31-32H,8-16H2,1-7H3;1-2H3/t17-,18?,19?,21+,22+,24?,25?,27?,28?;/m1./s1. The number of carbonyl (C=O) groups excluding carboxylic acids is 2. The van der Waals surface area contributed by atoms with Crippen LogP contribution in [-0.2, 0) is 9.59 Å². The van der Waals surface area contributed by atoms with E-state index in [1.165, 1.54) is 0 Å². The summed E-state index contributed by atoms with van der Waals surface area (Å²) in [6, 6.07) is 0. The van der Waals surface area contributed by atoms with E-state index in [-0.39, 0.29) is 22.7 Å². The van der Waals surface area contributed by atoms with Crippen LogP contribution in [0.4, 0.5) is 0 Å². The lowest BCUT2D eigenvalue weighted by Gasteiger charge is -2.61. The van der Waals surface area contributed by atoms with Gasteiger partial charge in [0, 0.05) is 25.2 Å². The van der Waals surface area contributed by atoms with E-state index in [1.54, 1.807) is 13.8 Å². The second-order valence-electron chi connectivity index (χ2n) is 12.8. The zero-order valence-corrected chi connectivity index (χ0v) is 23.6. The number of aliphatic hydroxyl groups excluding tert-OH is 1. The summed E-state index contributed by atoms with van der Waals surface area (Å²) in [5.41, 5.74) is -0.843. The Morgan fingerprint density at radius 1 is 1.06 bits per heavy atom. The average molecular weight is 479 g/mol. The van der Waals surface area contributed by atoms with Gasteiger partial charge in [0.1, 0.15) is 11.6 Å². The van der Waals surface area contributed by atoms with E-state index in [9.17, 15) is 19.8 Å². The van der Waals surface area contributed by atoms with Gasteiger partial charge in [-0.1, -0.05) is 54.9 Å². The Labute approximate surface area is 209 Å². The van der Waals surface area contributed by atoms with Gasteiger partial charge in [0.25, 0.3) is 0 Å². The molecule has 6 unspecified atom stereocenters. The van der Waals surface area contributed by atoms with Gasteiger partial charge in [-0.2, -0.15) is 0 Å². The van der Waals surface area contributed by atoms with Gasteiger partial charge in [-0.3, -0.25) is 9.59 Å². The highest BCUT2D eigenvalue weighted by molar-refractivity contribution is 5.86. The van der Waals surface area contributed by atoms with Crippen LogP contribution in [-0.4, -0.2) is 33.5 Å². The second kappa shape index (κ2) is 11.1. The molecule has 4 nitrogen and oxygen atoms in total. The molecule has 0 aromatic carbocycles. The monoisotopic (exact) mass is 478 g/mol. The van der Waals surface area contributed by atoms with Crippen LogP contribution in [0.15, 0.2) is 0 Å². The number of aliphatic hydroxyl groups is 2. The molecular formula is C30H54O4. The van der Waals surface area contributed by atoms with Crippen molar-refractivity contribution < 1.29 is 19.8 Å². The number of hydrogen-bond acceptors (Lipinski definition) is 4. The summed E-state index contributed by atoms with van der Waals surface area (Å²) in [5, 5.41) is 20.4. The maximum atomic E-state index is 13.5. The zero-order chi connectivity index (χ0) is 26.1. The number of carbonyl (C=O) groups is 2. The molecule has 4 heteroatoms. The van der Waals surface area contributed by atoms with Crippen molar-refractivity contribution in [3.8, 4) is 0 Å². The van der Waals surface area contributed by atoms with Crippen LogP contribution >= 0.6 is 0 Å². The molecule has 0 aromatic heterocycles. The molecule has 3 aliphatic rings. The SMILES string of the molecule is CC.CC[C@H]1C2C(=O)CC3CC(=O)CCC3(C)[C@H]2CCC1(C)C(C)[C@H](C)CCC(O)C(C)(C)O. The lowest BCUT2D eigenvalue weighted by atomic mass is 9.42. The fourth-order valence-electron chi connectivity index (χ4n) is 8.07. The number of Topliss-reactive ketones (excluding diaryl/α,β-unsaturated/α-hetero) is 2. The molecule has 0 spiro atoms. The highest BCUT2D eigenvalue weighted by Crippen LogP contribution is 2.64. The molecule has 3 saturated carbocycles. The average Bonchev–Trinajstić information content (AvgIpc) is 2.78. The third kappa shape index (κ3) is 5.48. The molecule has 0 aromatic rings. The van der Waals surface area contributed by atoms with Gasteiger partial charge < -0.3 is 10.2 Å². The van der Waals surface area contributed by atoms with Crippen molar-refractivity contribution in [2.45, 2.75) is 132 Å². The molecule has 3 aliphatic carbocycles. The summed E-state index contributed by atoms with van der Waals surface area (Å²) in [5.74, 6) is 2.79. The van der Waals surface area contributed by atoms with Crippen molar-refractivity contribution in [1.29, 1.82) is 0 Å². The Bertz CT molecular complexity index is 709. The van der Waals surface area contributed by atoms with Crippen molar-refractivity contribution in [2.24, 2.45) is 46.3 Å². The van der Waals surface area contributed by atoms with Gasteiger partial charge in [-0.15, -0.1) is 0 Å². The number of ketones is 2. The van der Waals surface area contributed by atoms with Crippen LogP contribution in [0, 0.1) is 46.3 Å². The Hall–Kier alpha value is -0.740. The molecule has 0 radical (unpaired) electrons. The Kier molecular flexibility index (Phi) is 9.64. The predicted octanol–water partition coefficient (Wildman–Crippen LogP) is 6.60. The molecule has 198 valence electrons. The maximum Gasteiger partial charge on any atom is 0.136 e. The molecule has 0 heterocycles. The van der Waals surface area contributed by atoms with Crippen molar-refractivity contribution in [1.82, 2.24) is 0 Å². The Balaban J connectivity index is 0.00000199. The van der Waals surface area contributed by atoms with E-state index in [2.05, 4.69) is 34.6 Å². The first-order valence-electron chi connectivity index (χ1n) is 14.2. The van der Waals surface area contributed by atoms with Gasteiger partial charge in [-0.05, 0) is 86.4 Å². The first kappa shape index (κ1) is 29.5. The number of rotatable bonds is 7. The largest absolute Gasteiger partial charge is 0.390 e. The summed E-state index contributed by atoms with van der Waals surface area (Å²) in [6.45, 7) is 19.0. The molecule has 2 N–H and O–H groups in total. The van der Waals surface area contributed by atoms with Crippen LogP contribution in [0.25, 0.3) is 0 Å². The summed E-state index contributed by atoms with van der Waals surface area (Å²) in [7, 11) is 0. The zero-order valence-electron chi connectivity index (χ0n) is 23.6. The summed E-state index contributed by atoms with van der Waals surface area (Å²) in [6.07, 6.45) is 6.86. The molecule has 3 rings (SSSR count). The van der Waals surface area contributed by atoms with Crippen molar-refractivity contribution >= 4 is 11.6 Å².